The van der Waals surface area contributed by atoms with Gasteiger partial charge >= 0.3 is 0 Å². The summed E-state index contributed by atoms with van der Waals surface area (Å²) in [4.78, 5) is 42.8. The van der Waals surface area contributed by atoms with Gasteiger partial charge in [-0.2, -0.15) is 40.5 Å². The van der Waals surface area contributed by atoms with E-state index in [9.17, 15) is 20.2 Å². The van der Waals surface area contributed by atoms with Crippen LogP contribution in [0.5, 0.6) is 0 Å². The van der Waals surface area contributed by atoms with Crippen LogP contribution in [0, 0.1) is 20.2 Å². The highest BCUT2D eigenvalue weighted by atomic mass is 35.5. The fourth-order valence-electron chi connectivity index (χ4n) is 5.56. The van der Waals surface area contributed by atoms with Gasteiger partial charge in [-0.3, -0.25) is 20.2 Å². The van der Waals surface area contributed by atoms with Gasteiger partial charge in [0, 0.05) is 63.0 Å². The first-order chi connectivity index (χ1) is 23.7. The van der Waals surface area contributed by atoms with Crippen LogP contribution in [0.25, 0.3) is 0 Å². The number of hydrogen-bond donors (Lipinski definition) is 2. The Hall–Kier alpha value is -3.17. The van der Waals surface area contributed by atoms with Crippen LogP contribution < -0.4 is 20.9 Å². The number of hydrogen-bond acceptors (Lipinski definition) is 14. The predicted octanol–water partition coefficient (Wildman–Crippen LogP) is 4.46. The third-order valence-electron chi connectivity index (χ3n) is 8.84. The number of pyridine rings is 3. The molecule has 16 nitrogen and oxygen atoms in total. The SMILES string of the molecule is C.CN(C)[C@H]1CCN(c2ccc(N)cn2)C1.CN(C)[C@H]1CCN(c2ccc([N+](=O)[O-])cn2)C1.CN(C)[C@H]1CCNC1.O=[N+]([O-])c1ccc(Cl)nc1.S.S.S. The van der Waals surface area contributed by atoms with E-state index in [1.54, 1.807) is 12.3 Å². The van der Waals surface area contributed by atoms with Crippen molar-refractivity contribution in [2.45, 2.75) is 44.8 Å². The van der Waals surface area contributed by atoms with E-state index >= 15 is 0 Å². The molecule has 3 fully saturated rings. The van der Waals surface area contributed by atoms with E-state index in [2.05, 4.69) is 87.1 Å². The second kappa shape index (κ2) is 26.6. The Morgan fingerprint density at radius 3 is 1.44 bits per heavy atom. The molecular weight excluding hydrogens is 772 g/mol. The highest BCUT2D eigenvalue weighted by molar-refractivity contribution is 7.59. The van der Waals surface area contributed by atoms with Crippen molar-refractivity contribution in [1.29, 1.82) is 0 Å². The molecule has 3 aromatic rings. The summed E-state index contributed by atoms with van der Waals surface area (Å²) in [5, 5.41) is 24.1. The average molecular weight is 834 g/mol. The van der Waals surface area contributed by atoms with Crippen LogP contribution in [0.1, 0.15) is 26.7 Å². The van der Waals surface area contributed by atoms with Gasteiger partial charge < -0.3 is 35.6 Å². The number of nitrogens with zero attached hydrogens (tertiary/aromatic N) is 10. The van der Waals surface area contributed by atoms with Crippen molar-refractivity contribution in [2.75, 3.05) is 97.1 Å². The molecule has 54 heavy (non-hydrogen) atoms. The third kappa shape index (κ3) is 17.5. The van der Waals surface area contributed by atoms with Crippen molar-refractivity contribution in [1.82, 2.24) is 35.0 Å². The zero-order valence-corrected chi connectivity index (χ0v) is 35.1. The summed E-state index contributed by atoms with van der Waals surface area (Å²) < 4.78 is 0. The van der Waals surface area contributed by atoms with Crippen LogP contribution in [0.4, 0.5) is 28.7 Å². The van der Waals surface area contributed by atoms with E-state index in [4.69, 9.17) is 17.3 Å². The number of nitro groups is 2. The zero-order chi connectivity index (χ0) is 36.8. The summed E-state index contributed by atoms with van der Waals surface area (Å²) in [6, 6.07) is 11.8. The smallest absolute Gasteiger partial charge is 0.287 e. The Balaban J connectivity index is 0. The Morgan fingerprint density at radius 2 is 1.15 bits per heavy atom. The molecule has 6 rings (SSSR count). The number of halogens is 1. The van der Waals surface area contributed by atoms with Crippen molar-refractivity contribution < 1.29 is 9.85 Å². The van der Waals surface area contributed by atoms with Crippen LogP contribution in [0.15, 0.2) is 55.0 Å². The molecule has 20 heteroatoms. The summed E-state index contributed by atoms with van der Waals surface area (Å²) in [7, 11) is 12.7. The van der Waals surface area contributed by atoms with Crippen molar-refractivity contribution in [3.63, 3.8) is 0 Å². The standard InChI is InChI=1S/C11H16N4O2.C11H18N4.C6H14N2.C5H3ClN2O2.CH4.3H2S/c1-13(2)10-5-6-14(8-10)11-4-3-9(7-12-11)15(16)17;1-14(2)10-5-6-15(8-10)11-4-3-9(12)7-13-11;1-8(2)6-3-4-7-5-6;6-5-2-1-4(3-7-5)8(9)10;;;;/h3-4,7,10H,5-6,8H2,1-2H3;3-4,7,10H,5-6,8,12H2,1-2H3;6-7H,3-5H2,1-2H3;1-3H;1H4;3*1H2/t2*10-;6-;;;;;/m000...../s1. The quantitative estimate of drug-likeness (QED) is 0.194. The predicted molar refractivity (Wildman–Crippen MR) is 237 cm³/mol. The largest absolute Gasteiger partial charge is 0.397 e. The van der Waals surface area contributed by atoms with Gasteiger partial charge in [0.05, 0.1) is 21.7 Å². The van der Waals surface area contributed by atoms with Gasteiger partial charge in [0.15, 0.2) is 0 Å². The average Bonchev–Trinajstić information content (AvgIpc) is 3.89. The normalized spacial score (nSPS) is 18.3. The summed E-state index contributed by atoms with van der Waals surface area (Å²) in [5.74, 6) is 1.86. The molecule has 0 spiro atoms. The lowest BCUT2D eigenvalue weighted by molar-refractivity contribution is -0.385. The molecule has 0 radical (unpaired) electrons. The summed E-state index contributed by atoms with van der Waals surface area (Å²) in [6.07, 6.45) is 7.77. The Kier molecular flexibility index (Phi) is 26.1. The first-order valence-corrected chi connectivity index (χ1v) is 16.9. The lowest BCUT2D eigenvalue weighted by atomic mass is 10.2. The molecule has 3 aromatic heterocycles. The molecule has 0 aliphatic carbocycles. The van der Waals surface area contributed by atoms with Gasteiger partial charge in [0.1, 0.15) is 29.2 Å². The fourth-order valence-corrected chi connectivity index (χ4v) is 5.67. The lowest BCUT2D eigenvalue weighted by Crippen LogP contribution is -2.31. The Bertz CT molecular complexity index is 1470. The number of aromatic nitrogens is 3. The number of nitrogen functional groups attached to an aromatic ring is 1. The van der Waals surface area contributed by atoms with Gasteiger partial charge in [-0.05, 0) is 92.4 Å². The molecule has 3 N–H and O–H groups in total. The van der Waals surface area contributed by atoms with E-state index < -0.39 is 9.85 Å². The number of nitrogens with two attached hydrogens (primary N) is 1. The Labute approximate surface area is 346 Å². The molecule has 0 unspecified atom stereocenters. The van der Waals surface area contributed by atoms with E-state index in [0.29, 0.717) is 12.1 Å². The molecule has 3 aliphatic heterocycles. The molecule has 3 aliphatic rings. The molecule has 0 bridgehead atoms. The van der Waals surface area contributed by atoms with Crippen LogP contribution in [-0.4, -0.2) is 139 Å². The minimum Gasteiger partial charge on any atom is -0.397 e. The zero-order valence-electron chi connectivity index (χ0n) is 31.4. The summed E-state index contributed by atoms with van der Waals surface area (Å²) in [6.45, 7) is 6.39. The van der Waals surface area contributed by atoms with E-state index in [0.717, 1.165) is 62.2 Å². The van der Waals surface area contributed by atoms with E-state index in [1.807, 2.05) is 12.1 Å². The first kappa shape index (κ1) is 52.9. The van der Waals surface area contributed by atoms with E-state index in [-0.39, 0.29) is 64.4 Å². The molecule has 0 aromatic carbocycles. The number of likely N-dealkylation sites (N-methyl/N-ethyl adjacent to an activating group) is 3. The van der Waals surface area contributed by atoms with E-state index in [1.165, 1.54) is 50.3 Å². The maximum Gasteiger partial charge on any atom is 0.287 e. The van der Waals surface area contributed by atoms with Gasteiger partial charge in [-0.15, -0.1) is 0 Å². The Morgan fingerprint density at radius 1 is 0.704 bits per heavy atom. The fraction of sp³-hybridized carbons (Fsp3) is 0.559. The molecule has 306 valence electrons. The third-order valence-corrected chi connectivity index (χ3v) is 9.06. The molecule has 3 saturated heterocycles. The van der Waals surface area contributed by atoms with Gasteiger partial charge in [0.2, 0.25) is 0 Å². The number of anilines is 3. The minimum atomic E-state index is -0.524. The molecule has 3 atom stereocenters. The van der Waals surface area contributed by atoms with Gasteiger partial charge in [-0.1, -0.05) is 19.0 Å². The second-order valence-corrected chi connectivity index (χ2v) is 13.4. The lowest BCUT2D eigenvalue weighted by Gasteiger charge is -2.20. The molecule has 0 amide bonds. The molecule has 6 heterocycles. The number of nitrogens with one attached hydrogen (secondary N) is 1. The first-order valence-electron chi connectivity index (χ1n) is 16.5. The summed E-state index contributed by atoms with van der Waals surface area (Å²) >= 11 is 5.38. The monoisotopic (exact) mass is 832 g/mol. The van der Waals surface area contributed by atoms with Gasteiger partial charge in [0.25, 0.3) is 11.4 Å². The van der Waals surface area contributed by atoms with Crippen LogP contribution in [0.3, 0.4) is 0 Å². The van der Waals surface area contributed by atoms with Crippen molar-refractivity contribution in [3.8, 4) is 0 Å². The van der Waals surface area contributed by atoms with Crippen molar-refractivity contribution >= 4 is 80.8 Å². The second-order valence-electron chi connectivity index (χ2n) is 13.0. The molecular formula is C34H61ClN12O4S3. The van der Waals surface area contributed by atoms with Gasteiger partial charge in [-0.25, -0.2) is 15.0 Å². The summed E-state index contributed by atoms with van der Waals surface area (Å²) in [5.41, 5.74) is 6.32. The topological polar surface area (TPSA) is 179 Å². The van der Waals surface area contributed by atoms with Crippen LogP contribution in [-0.2, 0) is 0 Å². The minimum absolute atomic E-state index is 0. The highest BCUT2D eigenvalue weighted by Gasteiger charge is 2.26. The number of rotatable bonds is 7. The van der Waals surface area contributed by atoms with Crippen LogP contribution >= 0.6 is 52.1 Å². The molecule has 0 saturated carbocycles. The maximum atomic E-state index is 10.5. The highest BCUT2D eigenvalue weighted by Crippen LogP contribution is 2.22. The van der Waals surface area contributed by atoms with Crippen molar-refractivity contribution in [3.05, 3.63) is 80.4 Å². The maximum absolute atomic E-state index is 10.5. The van der Waals surface area contributed by atoms with Crippen LogP contribution in [0.2, 0.25) is 5.15 Å². The van der Waals surface area contributed by atoms with Crippen molar-refractivity contribution in [2.24, 2.45) is 0 Å².